The first-order valence-electron chi connectivity index (χ1n) is 6.67. The summed E-state index contributed by atoms with van der Waals surface area (Å²) in [5, 5.41) is 0. The van der Waals surface area contributed by atoms with Crippen molar-refractivity contribution in [2.24, 2.45) is 0 Å². The van der Waals surface area contributed by atoms with Crippen LogP contribution in [0.2, 0.25) is 0 Å². The first-order chi connectivity index (χ1) is 9.04. The highest BCUT2D eigenvalue weighted by atomic mass is 32.2. The van der Waals surface area contributed by atoms with Crippen LogP contribution in [0.4, 0.5) is 0 Å². The Labute approximate surface area is 122 Å². The molecule has 0 aliphatic rings. The number of hydrogen-bond acceptors (Lipinski definition) is 3. The van der Waals surface area contributed by atoms with Crippen LogP contribution in [0.15, 0.2) is 12.1 Å². The molecule has 114 valence electrons. The summed E-state index contributed by atoms with van der Waals surface area (Å²) in [5.74, 6) is 0.860. The highest BCUT2D eigenvalue weighted by Gasteiger charge is 2.21. The third kappa shape index (κ3) is 4.80. The second-order valence-corrected chi connectivity index (χ2v) is 8.00. The monoisotopic (exact) mass is 299 g/mol. The zero-order valence-electron chi connectivity index (χ0n) is 13.2. The quantitative estimate of drug-likeness (QED) is 0.908. The van der Waals surface area contributed by atoms with Crippen molar-refractivity contribution in [1.82, 2.24) is 4.72 Å². The summed E-state index contributed by atoms with van der Waals surface area (Å²) in [5.41, 5.74) is 3.32. The first-order valence-corrected chi connectivity index (χ1v) is 8.56. The van der Waals surface area contributed by atoms with E-state index in [1.54, 1.807) is 7.11 Å². The number of rotatable bonds is 5. The van der Waals surface area contributed by atoms with Crippen LogP contribution in [0.5, 0.6) is 5.75 Å². The summed E-state index contributed by atoms with van der Waals surface area (Å²) >= 11 is 0. The molecule has 0 saturated carbocycles. The summed E-state index contributed by atoms with van der Waals surface area (Å²) in [7, 11) is -1.49. The Bertz CT molecular complexity index is 572. The van der Waals surface area contributed by atoms with Crippen LogP contribution < -0.4 is 9.46 Å². The standard InChI is InChI=1S/C15H25NO3S/c1-11-9-12(7-8-16-20(6,17)18)14(19-5)13(10-11)15(2,3)4/h9-10,16H,7-8H2,1-6H3. The zero-order valence-corrected chi connectivity index (χ0v) is 14.0. The lowest BCUT2D eigenvalue weighted by atomic mass is 9.83. The van der Waals surface area contributed by atoms with Gasteiger partial charge in [0, 0.05) is 12.1 Å². The fraction of sp³-hybridized carbons (Fsp3) is 0.600. The molecule has 0 spiro atoms. The van der Waals surface area contributed by atoms with Gasteiger partial charge in [0.1, 0.15) is 5.75 Å². The van der Waals surface area contributed by atoms with Gasteiger partial charge in [0.15, 0.2) is 0 Å². The van der Waals surface area contributed by atoms with Crippen molar-refractivity contribution in [3.05, 3.63) is 28.8 Å². The number of sulfonamides is 1. The van der Waals surface area contributed by atoms with Gasteiger partial charge in [0.2, 0.25) is 10.0 Å². The molecule has 0 fully saturated rings. The maximum Gasteiger partial charge on any atom is 0.208 e. The van der Waals surface area contributed by atoms with Crippen molar-refractivity contribution < 1.29 is 13.2 Å². The predicted octanol–water partition coefficient (Wildman–Crippen LogP) is 2.39. The normalized spacial score (nSPS) is 12.5. The minimum absolute atomic E-state index is 0.0175. The van der Waals surface area contributed by atoms with Gasteiger partial charge in [-0.2, -0.15) is 0 Å². The van der Waals surface area contributed by atoms with E-state index in [9.17, 15) is 8.42 Å². The molecule has 0 aliphatic carbocycles. The van der Waals surface area contributed by atoms with Crippen molar-refractivity contribution in [2.75, 3.05) is 19.9 Å². The molecule has 0 amide bonds. The molecule has 0 saturated heterocycles. The molecule has 1 N–H and O–H groups in total. The number of hydrogen-bond donors (Lipinski definition) is 1. The van der Waals surface area contributed by atoms with Crippen LogP contribution in [0.25, 0.3) is 0 Å². The molecule has 4 nitrogen and oxygen atoms in total. The van der Waals surface area contributed by atoms with Gasteiger partial charge in [0.25, 0.3) is 0 Å². The van der Waals surface area contributed by atoms with Gasteiger partial charge in [-0.3, -0.25) is 0 Å². The third-order valence-corrected chi connectivity index (χ3v) is 3.81. The lowest BCUT2D eigenvalue weighted by Gasteiger charge is -2.25. The zero-order chi connectivity index (χ0) is 15.6. The minimum atomic E-state index is -3.15. The SMILES string of the molecule is COc1c(CCNS(C)(=O)=O)cc(C)cc1C(C)(C)C. The van der Waals surface area contributed by atoms with Crippen LogP contribution in [-0.2, 0) is 21.9 Å². The van der Waals surface area contributed by atoms with E-state index in [-0.39, 0.29) is 5.41 Å². The fourth-order valence-electron chi connectivity index (χ4n) is 2.20. The lowest BCUT2D eigenvalue weighted by Crippen LogP contribution is -2.24. The Morgan fingerprint density at radius 2 is 1.85 bits per heavy atom. The Balaban J connectivity index is 3.10. The van der Waals surface area contributed by atoms with Crippen LogP contribution in [0, 0.1) is 6.92 Å². The molecule has 0 radical (unpaired) electrons. The second-order valence-electron chi connectivity index (χ2n) is 6.17. The van der Waals surface area contributed by atoms with Crippen molar-refractivity contribution >= 4 is 10.0 Å². The van der Waals surface area contributed by atoms with E-state index >= 15 is 0 Å². The topological polar surface area (TPSA) is 55.4 Å². The van der Waals surface area contributed by atoms with E-state index in [0.29, 0.717) is 13.0 Å². The van der Waals surface area contributed by atoms with Crippen molar-refractivity contribution in [1.29, 1.82) is 0 Å². The second kappa shape index (κ2) is 6.14. The molecule has 1 rings (SSSR count). The smallest absolute Gasteiger partial charge is 0.208 e. The summed E-state index contributed by atoms with van der Waals surface area (Å²) < 4.78 is 30.3. The highest BCUT2D eigenvalue weighted by Crippen LogP contribution is 2.35. The molecule has 0 heterocycles. The van der Waals surface area contributed by atoms with Gasteiger partial charge >= 0.3 is 0 Å². The molecule has 0 aromatic heterocycles. The number of ether oxygens (including phenoxy) is 1. The van der Waals surface area contributed by atoms with E-state index in [2.05, 4.69) is 37.6 Å². The Kier molecular flexibility index (Phi) is 5.21. The summed E-state index contributed by atoms with van der Waals surface area (Å²) in [6.07, 6.45) is 1.78. The molecule has 1 aromatic carbocycles. The number of benzene rings is 1. The van der Waals surface area contributed by atoms with Gasteiger partial charge in [-0.25, -0.2) is 13.1 Å². The molecule has 20 heavy (non-hydrogen) atoms. The molecular formula is C15H25NO3S. The maximum atomic E-state index is 11.1. The largest absolute Gasteiger partial charge is 0.496 e. The predicted molar refractivity (Wildman–Crippen MR) is 83.0 cm³/mol. The maximum absolute atomic E-state index is 11.1. The summed E-state index contributed by atoms with van der Waals surface area (Å²) in [6.45, 7) is 8.85. The van der Waals surface area contributed by atoms with Crippen molar-refractivity contribution in [3.63, 3.8) is 0 Å². The van der Waals surface area contributed by atoms with Crippen LogP contribution >= 0.6 is 0 Å². The molecule has 0 aliphatic heterocycles. The van der Waals surface area contributed by atoms with E-state index in [1.807, 2.05) is 6.92 Å². The molecule has 0 atom stereocenters. The molecule has 0 bridgehead atoms. The Hall–Kier alpha value is -1.07. The minimum Gasteiger partial charge on any atom is -0.496 e. The van der Waals surface area contributed by atoms with E-state index in [4.69, 9.17) is 4.74 Å². The van der Waals surface area contributed by atoms with Gasteiger partial charge in [-0.15, -0.1) is 0 Å². The molecule has 1 aromatic rings. The lowest BCUT2D eigenvalue weighted by molar-refractivity contribution is 0.392. The summed E-state index contributed by atoms with van der Waals surface area (Å²) in [6, 6.07) is 4.18. The first kappa shape index (κ1) is 17.0. The van der Waals surface area contributed by atoms with E-state index in [1.165, 1.54) is 6.26 Å². The van der Waals surface area contributed by atoms with Gasteiger partial charge in [0.05, 0.1) is 13.4 Å². The van der Waals surface area contributed by atoms with Crippen molar-refractivity contribution in [3.8, 4) is 5.75 Å². The van der Waals surface area contributed by atoms with Crippen LogP contribution in [-0.4, -0.2) is 28.3 Å². The van der Waals surface area contributed by atoms with E-state index < -0.39 is 10.0 Å². The van der Waals surface area contributed by atoms with Crippen LogP contribution in [0.3, 0.4) is 0 Å². The third-order valence-electron chi connectivity index (χ3n) is 3.08. The van der Waals surface area contributed by atoms with Gasteiger partial charge in [-0.05, 0) is 24.3 Å². The number of methoxy groups -OCH3 is 1. The fourth-order valence-corrected chi connectivity index (χ4v) is 2.68. The van der Waals surface area contributed by atoms with Crippen molar-refractivity contribution in [2.45, 2.75) is 39.5 Å². The summed E-state index contributed by atoms with van der Waals surface area (Å²) in [4.78, 5) is 0. The Morgan fingerprint density at radius 1 is 1.25 bits per heavy atom. The number of nitrogens with one attached hydrogen (secondary N) is 1. The number of aryl methyl sites for hydroxylation is 1. The van der Waals surface area contributed by atoms with Gasteiger partial charge in [-0.1, -0.05) is 38.5 Å². The molecular weight excluding hydrogens is 274 g/mol. The molecule has 5 heteroatoms. The average molecular weight is 299 g/mol. The van der Waals surface area contributed by atoms with E-state index in [0.717, 1.165) is 22.4 Å². The average Bonchev–Trinajstić information content (AvgIpc) is 2.25. The van der Waals surface area contributed by atoms with Crippen LogP contribution in [0.1, 0.15) is 37.5 Å². The Morgan fingerprint density at radius 3 is 2.30 bits per heavy atom. The highest BCUT2D eigenvalue weighted by molar-refractivity contribution is 7.88. The van der Waals surface area contributed by atoms with Gasteiger partial charge < -0.3 is 4.74 Å². The molecule has 0 unspecified atom stereocenters.